The van der Waals surface area contributed by atoms with Crippen LogP contribution in [-0.4, -0.2) is 52.1 Å². The van der Waals surface area contributed by atoms with Crippen LogP contribution < -0.4 is 21.3 Å². The fourth-order valence-electron chi connectivity index (χ4n) is 2.47. The van der Waals surface area contributed by atoms with Crippen molar-refractivity contribution in [1.29, 1.82) is 0 Å². The summed E-state index contributed by atoms with van der Waals surface area (Å²) >= 11 is 0. The van der Waals surface area contributed by atoms with Crippen LogP contribution in [0.25, 0.3) is 0 Å². The molecule has 0 bridgehead atoms. The number of hydrazine groups is 1. The molecule has 1 aliphatic heterocycles. The van der Waals surface area contributed by atoms with Crippen molar-refractivity contribution in [2.24, 2.45) is 5.84 Å². The maximum atomic E-state index is 5.37. The average molecular weight is 295 g/mol. The molecule has 0 amide bonds. The summed E-state index contributed by atoms with van der Waals surface area (Å²) in [6, 6.07) is 0.513. The van der Waals surface area contributed by atoms with Crippen molar-refractivity contribution in [3.8, 4) is 6.01 Å². The second-order valence-electron chi connectivity index (χ2n) is 5.25. The number of nitrogens with one attached hydrogen (secondary N) is 2. The third-order valence-corrected chi connectivity index (χ3v) is 3.37. The third kappa shape index (κ3) is 4.98. The number of nitrogens with zero attached hydrogens (tertiary/aromatic N) is 4. The minimum atomic E-state index is 0.241. The van der Waals surface area contributed by atoms with E-state index in [-0.39, 0.29) is 12.1 Å². The third-order valence-electron chi connectivity index (χ3n) is 3.37. The largest absolute Gasteiger partial charge is 0.464 e. The summed E-state index contributed by atoms with van der Waals surface area (Å²) in [5.74, 6) is 6.14. The molecule has 8 nitrogen and oxygen atoms in total. The normalized spacial score (nSPS) is 17.3. The molecule has 8 heteroatoms. The van der Waals surface area contributed by atoms with Gasteiger partial charge >= 0.3 is 6.01 Å². The van der Waals surface area contributed by atoms with Gasteiger partial charge in [0, 0.05) is 12.6 Å². The number of ether oxygens (including phenoxy) is 1. The number of anilines is 2. The number of hydrogen-bond donors (Lipinski definition) is 3. The van der Waals surface area contributed by atoms with Gasteiger partial charge in [-0.3, -0.25) is 5.43 Å². The molecule has 0 spiro atoms. The Kier molecular flexibility index (Phi) is 5.94. The summed E-state index contributed by atoms with van der Waals surface area (Å²) in [5.41, 5.74) is 2.43. The Hall–Kier alpha value is -1.67. The number of piperidine rings is 1. The molecular weight excluding hydrogens is 270 g/mol. The molecule has 118 valence electrons. The maximum absolute atomic E-state index is 5.37. The van der Waals surface area contributed by atoms with Gasteiger partial charge in [-0.25, -0.2) is 5.84 Å². The van der Waals surface area contributed by atoms with Crippen molar-refractivity contribution < 1.29 is 4.74 Å². The van der Waals surface area contributed by atoms with Crippen molar-refractivity contribution >= 4 is 11.9 Å². The molecule has 0 aromatic carbocycles. The Labute approximate surface area is 125 Å². The lowest BCUT2D eigenvalue weighted by atomic mass is 10.1. The Bertz CT molecular complexity index is 437. The Balaban J connectivity index is 1.95. The van der Waals surface area contributed by atoms with Crippen LogP contribution in [0.4, 0.5) is 11.9 Å². The van der Waals surface area contributed by atoms with Gasteiger partial charge in [-0.05, 0) is 39.8 Å². The number of rotatable bonds is 7. The van der Waals surface area contributed by atoms with E-state index < -0.39 is 0 Å². The summed E-state index contributed by atoms with van der Waals surface area (Å²) in [5, 5.41) is 3.28. The van der Waals surface area contributed by atoms with E-state index in [0.717, 1.165) is 6.54 Å². The van der Waals surface area contributed by atoms with E-state index in [9.17, 15) is 0 Å². The van der Waals surface area contributed by atoms with Gasteiger partial charge < -0.3 is 15.0 Å². The van der Waals surface area contributed by atoms with Crippen LogP contribution in [0, 0.1) is 0 Å². The van der Waals surface area contributed by atoms with E-state index in [1.165, 1.54) is 32.4 Å². The molecule has 1 aromatic heterocycles. The smallest absolute Gasteiger partial charge is 0.323 e. The summed E-state index contributed by atoms with van der Waals surface area (Å²) < 4.78 is 5.31. The predicted molar refractivity (Wildman–Crippen MR) is 82.2 cm³/mol. The maximum Gasteiger partial charge on any atom is 0.323 e. The van der Waals surface area contributed by atoms with Crippen molar-refractivity contribution in [2.75, 3.05) is 37.0 Å². The highest BCUT2D eigenvalue weighted by molar-refractivity contribution is 5.35. The molecule has 21 heavy (non-hydrogen) atoms. The topological polar surface area (TPSA) is 101 Å². The molecule has 2 heterocycles. The fraction of sp³-hybridized carbons (Fsp3) is 0.769. The van der Waals surface area contributed by atoms with E-state index in [1.54, 1.807) is 0 Å². The van der Waals surface area contributed by atoms with Gasteiger partial charge in [-0.15, -0.1) is 0 Å². The zero-order valence-electron chi connectivity index (χ0n) is 12.8. The van der Waals surface area contributed by atoms with Crippen molar-refractivity contribution in [1.82, 2.24) is 19.9 Å². The molecule has 0 saturated carbocycles. The van der Waals surface area contributed by atoms with E-state index in [0.29, 0.717) is 18.5 Å². The van der Waals surface area contributed by atoms with Gasteiger partial charge in [0.15, 0.2) is 0 Å². The summed E-state index contributed by atoms with van der Waals surface area (Å²) in [6.45, 7) is 7.81. The average Bonchev–Trinajstić information content (AvgIpc) is 2.48. The van der Waals surface area contributed by atoms with E-state index in [4.69, 9.17) is 10.6 Å². The monoisotopic (exact) mass is 295 g/mol. The highest BCUT2D eigenvalue weighted by Gasteiger charge is 2.15. The fourth-order valence-corrected chi connectivity index (χ4v) is 2.47. The summed E-state index contributed by atoms with van der Waals surface area (Å²) in [6.07, 6.45) is 3.91. The van der Waals surface area contributed by atoms with Crippen LogP contribution in [-0.2, 0) is 0 Å². The van der Waals surface area contributed by atoms with Gasteiger partial charge in [-0.1, -0.05) is 6.42 Å². The molecule has 1 unspecified atom stereocenters. The Morgan fingerprint density at radius 3 is 2.57 bits per heavy atom. The predicted octanol–water partition coefficient (Wildman–Crippen LogP) is 0.842. The number of aromatic nitrogens is 3. The van der Waals surface area contributed by atoms with Crippen molar-refractivity contribution in [3.63, 3.8) is 0 Å². The molecule has 2 rings (SSSR count). The van der Waals surface area contributed by atoms with Crippen LogP contribution in [0.3, 0.4) is 0 Å². The van der Waals surface area contributed by atoms with Gasteiger partial charge in [0.25, 0.3) is 0 Å². The standard InChI is InChI=1S/C13H25N7O/c1-3-21-13-17-11(16-12(18-13)19-14)15-10(2)9-20-7-5-4-6-8-20/h10H,3-9,14H2,1-2H3,(H2,15,16,17,18,19). The number of nitrogens with two attached hydrogens (primary N) is 1. The van der Waals surface area contributed by atoms with Crippen LogP contribution in [0.1, 0.15) is 33.1 Å². The Morgan fingerprint density at radius 1 is 1.19 bits per heavy atom. The molecule has 1 aliphatic rings. The second kappa shape index (κ2) is 7.94. The minimum absolute atomic E-state index is 0.241. The molecular formula is C13H25N7O. The highest BCUT2D eigenvalue weighted by Crippen LogP contribution is 2.13. The Morgan fingerprint density at radius 2 is 1.90 bits per heavy atom. The zero-order chi connectivity index (χ0) is 15.1. The number of likely N-dealkylation sites (tertiary alicyclic amines) is 1. The van der Waals surface area contributed by atoms with Crippen LogP contribution in [0.2, 0.25) is 0 Å². The first-order valence-electron chi connectivity index (χ1n) is 7.55. The van der Waals surface area contributed by atoms with Crippen molar-refractivity contribution in [3.05, 3.63) is 0 Å². The van der Waals surface area contributed by atoms with Gasteiger partial charge in [0.05, 0.1) is 6.61 Å². The first kappa shape index (κ1) is 15.7. The summed E-state index contributed by atoms with van der Waals surface area (Å²) in [4.78, 5) is 14.9. The quantitative estimate of drug-likeness (QED) is 0.502. The van der Waals surface area contributed by atoms with E-state index >= 15 is 0 Å². The molecule has 1 aromatic rings. The van der Waals surface area contributed by atoms with E-state index in [1.807, 2.05) is 6.92 Å². The first-order chi connectivity index (χ1) is 10.2. The SMILES string of the molecule is CCOc1nc(NN)nc(NC(C)CN2CCCCC2)n1. The van der Waals surface area contributed by atoms with Gasteiger partial charge in [0.2, 0.25) is 11.9 Å². The number of hydrogen-bond acceptors (Lipinski definition) is 8. The first-order valence-corrected chi connectivity index (χ1v) is 7.55. The summed E-state index contributed by atoms with van der Waals surface area (Å²) in [7, 11) is 0. The van der Waals surface area contributed by atoms with Gasteiger partial charge in [0.1, 0.15) is 0 Å². The number of nitrogen functional groups attached to an aromatic ring is 1. The highest BCUT2D eigenvalue weighted by atomic mass is 16.5. The minimum Gasteiger partial charge on any atom is -0.464 e. The van der Waals surface area contributed by atoms with Gasteiger partial charge in [-0.2, -0.15) is 15.0 Å². The molecule has 1 atom stereocenters. The van der Waals surface area contributed by atoms with Crippen molar-refractivity contribution in [2.45, 2.75) is 39.2 Å². The second-order valence-corrected chi connectivity index (χ2v) is 5.25. The van der Waals surface area contributed by atoms with Crippen LogP contribution >= 0.6 is 0 Å². The molecule has 1 fully saturated rings. The van der Waals surface area contributed by atoms with Crippen LogP contribution in [0.15, 0.2) is 0 Å². The molecule has 0 radical (unpaired) electrons. The van der Waals surface area contributed by atoms with E-state index in [2.05, 4.69) is 37.5 Å². The molecule has 0 aliphatic carbocycles. The lowest BCUT2D eigenvalue weighted by Gasteiger charge is -2.29. The molecule has 4 N–H and O–H groups in total. The lowest BCUT2D eigenvalue weighted by Crippen LogP contribution is -2.38. The molecule has 1 saturated heterocycles. The zero-order valence-corrected chi connectivity index (χ0v) is 12.8. The lowest BCUT2D eigenvalue weighted by molar-refractivity contribution is 0.223. The van der Waals surface area contributed by atoms with Crippen LogP contribution in [0.5, 0.6) is 6.01 Å².